The number of carbonyl (C=O) groups is 2. The molecule has 0 aromatic heterocycles. The number of amides is 1. The van der Waals surface area contributed by atoms with Crippen molar-refractivity contribution in [3.05, 3.63) is 0 Å². The number of aliphatic carboxylic acids is 1. The van der Waals surface area contributed by atoms with E-state index in [0.29, 0.717) is 13.1 Å². The topological polar surface area (TPSA) is 72.9 Å². The highest BCUT2D eigenvalue weighted by molar-refractivity contribution is 5.86. The predicted octanol–water partition coefficient (Wildman–Crippen LogP) is -0.788. The minimum Gasteiger partial charge on any atom is -0.481 e. The molecular weight excluding hydrogens is 222 g/mol. The summed E-state index contributed by atoms with van der Waals surface area (Å²) >= 11 is 0. The lowest BCUT2D eigenvalue weighted by atomic mass is 10.0. The first-order valence-corrected chi connectivity index (χ1v) is 5.81. The number of nitrogens with one attached hydrogen (secondary N) is 1. The summed E-state index contributed by atoms with van der Waals surface area (Å²) in [4.78, 5) is 26.5. The van der Waals surface area contributed by atoms with Crippen LogP contribution in [0.15, 0.2) is 0 Å². The average Bonchev–Trinajstić information content (AvgIpc) is 2.22. The Morgan fingerprint density at radius 2 is 2.24 bits per heavy atom. The van der Waals surface area contributed by atoms with Gasteiger partial charge in [-0.15, -0.1) is 0 Å². The zero-order valence-electron chi connectivity index (χ0n) is 10.6. The predicted molar refractivity (Wildman–Crippen MR) is 63.8 cm³/mol. The Labute approximate surface area is 102 Å². The van der Waals surface area contributed by atoms with Crippen LogP contribution in [0.25, 0.3) is 0 Å². The van der Waals surface area contributed by atoms with Gasteiger partial charge in [0.25, 0.3) is 0 Å². The maximum atomic E-state index is 11.7. The zero-order chi connectivity index (χ0) is 13.0. The summed E-state index contributed by atoms with van der Waals surface area (Å²) in [5, 5.41) is 11.6. The number of carboxylic acids is 1. The van der Waals surface area contributed by atoms with Crippen LogP contribution in [-0.4, -0.2) is 72.6 Å². The van der Waals surface area contributed by atoms with Gasteiger partial charge in [-0.3, -0.25) is 14.5 Å². The maximum Gasteiger partial charge on any atom is 0.305 e. The molecule has 17 heavy (non-hydrogen) atoms. The molecule has 0 aliphatic carbocycles. The molecule has 2 N–H and O–H groups in total. The fraction of sp³-hybridized carbons (Fsp3) is 0.818. The molecule has 1 rings (SSSR count). The van der Waals surface area contributed by atoms with Crippen LogP contribution in [0.5, 0.6) is 0 Å². The number of rotatable bonds is 5. The highest BCUT2D eigenvalue weighted by Crippen LogP contribution is 2.13. The van der Waals surface area contributed by atoms with Crippen LogP contribution in [0, 0.1) is 0 Å². The van der Waals surface area contributed by atoms with E-state index in [0.717, 1.165) is 6.54 Å². The third-order valence-electron chi connectivity index (χ3n) is 3.01. The Bertz CT molecular complexity index is 294. The van der Waals surface area contributed by atoms with Gasteiger partial charge in [0.15, 0.2) is 0 Å². The number of hydrogen-bond acceptors (Lipinski definition) is 4. The molecule has 2 atom stereocenters. The van der Waals surface area contributed by atoms with Gasteiger partial charge in [-0.1, -0.05) is 0 Å². The number of carbonyl (C=O) groups excluding carboxylic acids is 1. The van der Waals surface area contributed by atoms with Gasteiger partial charge in [-0.25, -0.2) is 0 Å². The standard InChI is InChI=1S/C11H21N3O3/c1-8-7-12-11(17)9(6-10(15)16)14(8)5-4-13(2)3/h8-9H,4-7H2,1-3H3,(H,12,17)(H,15,16). The molecule has 0 bridgehead atoms. The van der Waals surface area contributed by atoms with Gasteiger partial charge in [-0.2, -0.15) is 0 Å². The van der Waals surface area contributed by atoms with Crippen molar-refractivity contribution in [1.29, 1.82) is 0 Å². The molecular formula is C11H21N3O3. The lowest BCUT2D eigenvalue weighted by Gasteiger charge is -2.39. The van der Waals surface area contributed by atoms with Crippen molar-refractivity contribution in [3.8, 4) is 0 Å². The molecule has 1 saturated heterocycles. The summed E-state index contributed by atoms with van der Waals surface area (Å²) in [6.45, 7) is 4.11. The van der Waals surface area contributed by atoms with E-state index in [9.17, 15) is 9.59 Å². The van der Waals surface area contributed by atoms with Crippen molar-refractivity contribution in [1.82, 2.24) is 15.1 Å². The Kier molecular flexibility index (Phi) is 4.89. The Hall–Kier alpha value is -1.14. The van der Waals surface area contributed by atoms with Crippen molar-refractivity contribution < 1.29 is 14.7 Å². The normalized spacial score (nSPS) is 26.0. The van der Waals surface area contributed by atoms with Crippen LogP contribution in [0.3, 0.4) is 0 Å². The summed E-state index contributed by atoms with van der Waals surface area (Å²) in [6.07, 6.45) is -0.135. The molecule has 0 radical (unpaired) electrons. The van der Waals surface area contributed by atoms with E-state index in [4.69, 9.17) is 5.11 Å². The minimum atomic E-state index is -0.936. The first-order valence-electron chi connectivity index (χ1n) is 5.81. The molecule has 1 fully saturated rings. The quantitative estimate of drug-likeness (QED) is 0.662. The van der Waals surface area contributed by atoms with Crippen molar-refractivity contribution in [2.24, 2.45) is 0 Å². The third-order valence-corrected chi connectivity index (χ3v) is 3.01. The van der Waals surface area contributed by atoms with Gasteiger partial charge in [0, 0.05) is 25.7 Å². The first-order chi connectivity index (χ1) is 7.91. The maximum absolute atomic E-state index is 11.7. The van der Waals surface area contributed by atoms with Crippen LogP contribution in [0.4, 0.5) is 0 Å². The Morgan fingerprint density at radius 3 is 2.76 bits per heavy atom. The van der Waals surface area contributed by atoms with Crippen LogP contribution in [0.1, 0.15) is 13.3 Å². The first kappa shape index (κ1) is 13.9. The van der Waals surface area contributed by atoms with Crippen molar-refractivity contribution >= 4 is 11.9 Å². The smallest absolute Gasteiger partial charge is 0.305 e. The summed E-state index contributed by atoms with van der Waals surface area (Å²) in [6, 6.07) is -0.367. The van der Waals surface area contributed by atoms with E-state index in [-0.39, 0.29) is 18.4 Å². The molecule has 6 nitrogen and oxygen atoms in total. The Balaban J connectivity index is 2.69. The summed E-state index contributed by atoms with van der Waals surface area (Å²) in [5.74, 6) is -1.11. The minimum absolute atomic E-state index is 0.135. The highest BCUT2D eigenvalue weighted by atomic mass is 16.4. The second-order valence-corrected chi connectivity index (χ2v) is 4.75. The average molecular weight is 243 g/mol. The molecule has 98 valence electrons. The SMILES string of the molecule is CC1CNC(=O)C(CC(=O)O)N1CCN(C)C. The van der Waals surface area contributed by atoms with Crippen molar-refractivity contribution in [3.63, 3.8) is 0 Å². The van der Waals surface area contributed by atoms with E-state index in [1.807, 2.05) is 30.8 Å². The van der Waals surface area contributed by atoms with Gasteiger partial charge < -0.3 is 15.3 Å². The van der Waals surface area contributed by atoms with E-state index >= 15 is 0 Å². The fourth-order valence-electron chi connectivity index (χ4n) is 2.01. The lowest BCUT2D eigenvalue weighted by molar-refractivity contribution is -0.144. The van der Waals surface area contributed by atoms with Crippen molar-refractivity contribution in [2.45, 2.75) is 25.4 Å². The van der Waals surface area contributed by atoms with Gasteiger partial charge in [0.2, 0.25) is 5.91 Å². The molecule has 0 spiro atoms. The summed E-state index contributed by atoms with van der Waals surface area (Å²) < 4.78 is 0. The highest BCUT2D eigenvalue weighted by Gasteiger charge is 2.35. The fourth-order valence-corrected chi connectivity index (χ4v) is 2.01. The van der Waals surface area contributed by atoms with Crippen LogP contribution in [-0.2, 0) is 9.59 Å². The summed E-state index contributed by atoms with van der Waals surface area (Å²) in [5.41, 5.74) is 0. The van der Waals surface area contributed by atoms with Gasteiger partial charge >= 0.3 is 5.97 Å². The largest absolute Gasteiger partial charge is 0.481 e. The molecule has 1 aliphatic rings. The van der Waals surface area contributed by atoms with Crippen LogP contribution >= 0.6 is 0 Å². The van der Waals surface area contributed by atoms with Gasteiger partial charge in [0.1, 0.15) is 0 Å². The molecule has 0 saturated carbocycles. The van der Waals surface area contributed by atoms with Crippen LogP contribution < -0.4 is 5.32 Å². The monoisotopic (exact) mass is 243 g/mol. The number of hydrogen-bond donors (Lipinski definition) is 2. The van der Waals surface area contributed by atoms with E-state index in [2.05, 4.69) is 5.32 Å². The molecule has 1 aliphatic heterocycles. The number of likely N-dealkylation sites (N-methyl/N-ethyl adjacent to an activating group) is 1. The second kappa shape index (κ2) is 5.97. The molecule has 0 aromatic carbocycles. The van der Waals surface area contributed by atoms with E-state index in [1.54, 1.807) is 0 Å². The molecule has 2 unspecified atom stereocenters. The molecule has 1 amide bonds. The summed E-state index contributed by atoms with van der Waals surface area (Å²) in [7, 11) is 3.92. The van der Waals surface area contributed by atoms with Crippen LogP contribution in [0.2, 0.25) is 0 Å². The molecule has 0 aromatic rings. The molecule has 6 heteroatoms. The molecule has 1 heterocycles. The van der Waals surface area contributed by atoms with E-state index < -0.39 is 12.0 Å². The number of carboxylic acid groups (broad SMARTS) is 1. The third kappa shape index (κ3) is 3.98. The van der Waals surface area contributed by atoms with Crippen molar-refractivity contribution in [2.75, 3.05) is 33.7 Å². The number of piperazine rings is 1. The van der Waals surface area contributed by atoms with Gasteiger partial charge in [0.05, 0.1) is 12.5 Å². The number of nitrogens with zero attached hydrogens (tertiary/aromatic N) is 2. The Morgan fingerprint density at radius 1 is 1.59 bits per heavy atom. The van der Waals surface area contributed by atoms with Gasteiger partial charge in [-0.05, 0) is 21.0 Å². The lowest BCUT2D eigenvalue weighted by Crippen LogP contribution is -2.61. The zero-order valence-corrected chi connectivity index (χ0v) is 10.6. The van der Waals surface area contributed by atoms with E-state index in [1.165, 1.54) is 0 Å². The second-order valence-electron chi connectivity index (χ2n) is 4.75.